The van der Waals surface area contributed by atoms with Crippen LogP contribution in [0.4, 0.5) is 0 Å². The zero-order chi connectivity index (χ0) is 13.8. The Kier molecular flexibility index (Phi) is 4.16. The summed E-state index contributed by atoms with van der Waals surface area (Å²) >= 11 is 1.57. The van der Waals surface area contributed by atoms with Crippen molar-refractivity contribution in [2.45, 2.75) is 20.8 Å². The minimum absolute atomic E-state index is 0.256. The van der Waals surface area contributed by atoms with Crippen LogP contribution in [0.1, 0.15) is 24.4 Å². The summed E-state index contributed by atoms with van der Waals surface area (Å²) in [5, 5.41) is 14.3. The lowest BCUT2D eigenvalue weighted by atomic mass is 10.2. The molecule has 2 aromatic rings. The van der Waals surface area contributed by atoms with E-state index in [1.165, 1.54) is 0 Å². The molecule has 0 unspecified atom stereocenters. The molecule has 0 spiro atoms. The zero-order valence-electron chi connectivity index (χ0n) is 11.2. The number of hydrogen-bond acceptors (Lipinski definition) is 5. The van der Waals surface area contributed by atoms with Crippen LogP contribution in [0.5, 0.6) is 5.75 Å². The van der Waals surface area contributed by atoms with E-state index in [4.69, 9.17) is 4.84 Å². The molecule has 0 radical (unpaired) electrons. The molecule has 1 N–H and O–H groups in total. The molecular weight excluding hydrogens is 260 g/mol. The molecule has 0 saturated carbocycles. The van der Waals surface area contributed by atoms with Gasteiger partial charge in [0.25, 0.3) is 0 Å². The quantitative estimate of drug-likeness (QED) is 0.686. The largest absolute Gasteiger partial charge is 0.508 e. The van der Waals surface area contributed by atoms with Gasteiger partial charge in [0.2, 0.25) is 0 Å². The molecule has 0 aliphatic rings. The number of thiazole rings is 1. The predicted octanol–water partition coefficient (Wildman–Crippen LogP) is 3.58. The third-order valence-electron chi connectivity index (χ3n) is 2.57. The Morgan fingerprint density at radius 1 is 1.37 bits per heavy atom. The lowest BCUT2D eigenvalue weighted by molar-refractivity contribution is 0.159. The molecule has 19 heavy (non-hydrogen) atoms. The van der Waals surface area contributed by atoms with Gasteiger partial charge in [0.1, 0.15) is 17.4 Å². The molecule has 4 nitrogen and oxygen atoms in total. The first-order chi connectivity index (χ1) is 9.11. The lowest BCUT2D eigenvalue weighted by Crippen LogP contribution is -1.95. The third-order valence-corrected chi connectivity index (χ3v) is 3.89. The molecular formula is C14H16N2O2S. The molecule has 0 fully saturated rings. The number of phenols is 1. The van der Waals surface area contributed by atoms with E-state index in [-0.39, 0.29) is 5.75 Å². The van der Waals surface area contributed by atoms with Crippen molar-refractivity contribution < 1.29 is 9.94 Å². The Labute approximate surface area is 116 Å². The maximum atomic E-state index is 9.30. The summed E-state index contributed by atoms with van der Waals surface area (Å²) in [6.45, 7) is 6.33. The van der Waals surface area contributed by atoms with Crippen molar-refractivity contribution in [1.82, 2.24) is 4.98 Å². The average molecular weight is 276 g/mol. The Morgan fingerprint density at radius 2 is 2.05 bits per heavy atom. The number of aromatic nitrogens is 1. The van der Waals surface area contributed by atoms with Crippen molar-refractivity contribution in [2.75, 3.05) is 6.61 Å². The van der Waals surface area contributed by atoms with Crippen LogP contribution in [0.15, 0.2) is 29.4 Å². The van der Waals surface area contributed by atoms with Gasteiger partial charge in [-0.15, -0.1) is 11.3 Å². The number of nitrogens with zero attached hydrogens (tertiary/aromatic N) is 2. The van der Waals surface area contributed by atoms with Gasteiger partial charge in [-0.2, -0.15) is 0 Å². The standard InChI is InChI=1S/C14H16N2O2S/c1-4-18-16-10(3)13-9(2)15-14(19-13)11-5-7-12(17)8-6-11/h5-8,17H,4H2,1-3H3/b16-10+. The number of oxime groups is 1. The van der Waals surface area contributed by atoms with Gasteiger partial charge in [-0.3, -0.25) is 0 Å². The number of phenolic OH excluding ortho intramolecular Hbond substituents is 1. The van der Waals surface area contributed by atoms with Crippen molar-refractivity contribution in [3.8, 4) is 16.3 Å². The van der Waals surface area contributed by atoms with E-state index in [0.29, 0.717) is 6.61 Å². The third kappa shape index (κ3) is 3.12. The van der Waals surface area contributed by atoms with Crippen molar-refractivity contribution in [3.05, 3.63) is 34.8 Å². The van der Waals surface area contributed by atoms with Crippen molar-refractivity contribution in [3.63, 3.8) is 0 Å². The molecule has 0 atom stereocenters. The first kappa shape index (κ1) is 13.5. The normalized spacial score (nSPS) is 11.6. The van der Waals surface area contributed by atoms with Gasteiger partial charge in [-0.1, -0.05) is 5.16 Å². The molecule has 5 heteroatoms. The Morgan fingerprint density at radius 3 is 2.68 bits per heavy atom. The Bertz CT molecular complexity index is 588. The van der Waals surface area contributed by atoms with Crippen LogP contribution >= 0.6 is 11.3 Å². The second-order valence-electron chi connectivity index (χ2n) is 4.07. The molecule has 1 aromatic carbocycles. The molecule has 0 bridgehead atoms. The van der Waals surface area contributed by atoms with Crippen LogP contribution in [0, 0.1) is 6.92 Å². The van der Waals surface area contributed by atoms with E-state index in [0.717, 1.165) is 26.9 Å². The van der Waals surface area contributed by atoms with Crippen molar-refractivity contribution >= 4 is 17.0 Å². The molecule has 0 aliphatic carbocycles. The Hall–Kier alpha value is -1.88. The first-order valence-corrected chi connectivity index (χ1v) is 6.87. The van der Waals surface area contributed by atoms with Crippen LogP contribution in [0.2, 0.25) is 0 Å². The van der Waals surface area contributed by atoms with E-state index in [2.05, 4.69) is 10.1 Å². The molecule has 100 valence electrons. The van der Waals surface area contributed by atoms with Gasteiger partial charge >= 0.3 is 0 Å². The number of rotatable bonds is 4. The summed E-state index contributed by atoms with van der Waals surface area (Å²) in [4.78, 5) is 10.6. The second-order valence-corrected chi connectivity index (χ2v) is 5.07. The van der Waals surface area contributed by atoms with Crippen molar-refractivity contribution in [1.29, 1.82) is 0 Å². The van der Waals surface area contributed by atoms with Gasteiger partial charge in [0.15, 0.2) is 0 Å². The van der Waals surface area contributed by atoms with Gasteiger partial charge < -0.3 is 9.94 Å². The number of hydrogen-bond donors (Lipinski definition) is 1. The van der Waals surface area contributed by atoms with Crippen LogP contribution in [-0.4, -0.2) is 22.4 Å². The molecule has 0 aliphatic heterocycles. The van der Waals surface area contributed by atoms with E-state index in [1.54, 1.807) is 23.5 Å². The first-order valence-electron chi connectivity index (χ1n) is 6.05. The molecule has 0 saturated heterocycles. The van der Waals surface area contributed by atoms with Gasteiger partial charge in [-0.05, 0) is 45.0 Å². The number of aromatic hydroxyl groups is 1. The SMILES string of the molecule is CCO/N=C(\C)c1sc(-c2ccc(O)cc2)nc1C. The Balaban J connectivity index is 2.33. The highest BCUT2D eigenvalue weighted by molar-refractivity contribution is 7.17. The van der Waals surface area contributed by atoms with Gasteiger partial charge in [0, 0.05) is 5.56 Å². The minimum atomic E-state index is 0.256. The highest BCUT2D eigenvalue weighted by atomic mass is 32.1. The fraction of sp³-hybridized carbons (Fsp3) is 0.286. The highest BCUT2D eigenvalue weighted by Crippen LogP contribution is 2.29. The van der Waals surface area contributed by atoms with Crippen LogP contribution in [0.25, 0.3) is 10.6 Å². The summed E-state index contributed by atoms with van der Waals surface area (Å²) in [6.07, 6.45) is 0. The lowest BCUT2D eigenvalue weighted by Gasteiger charge is -1.97. The molecule has 1 heterocycles. The van der Waals surface area contributed by atoms with Gasteiger partial charge in [0.05, 0.1) is 16.3 Å². The van der Waals surface area contributed by atoms with Crippen LogP contribution in [-0.2, 0) is 4.84 Å². The van der Waals surface area contributed by atoms with E-state index >= 15 is 0 Å². The summed E-state index contributed by atoms with van der Waals surface area (Å²) in [6, 6.07) is 7.03. The van der Waals surface area contributed by atoms with E-state index in [9.17, 15) is 5.11 Å². The van der Waals surface area contributed by atoms with Crippen LogP contribution in [0.3, 0.4) is 0 Å². The van der Waals surface area contributed by atoms with E-state index in [1.807, 2.05) is 32.9 Å². The topological polar surface area (TPSA) is 54.7 Å². The summed E-state index contributed by atoms with van der Waals surface area (Å²) in [5.74, 6) is 0.256. The van der Waals surface area contributed by atoms with Crippen LogP contribution < -0.4 is 0 Å². The monoisotopic (exact) mass is 276 g/mol. The molecule has 2 rings (SSSR count). The van der Waals surface area contributed by atoms with E-state index < -0.39 is 0 Å². The predicted molar refractivity (Wildman–Crippen MR) is 77.8 cm³/mol. The minimum Gasteiger partial charge on any atom is -0.508 e. The number of aryl methyl sites for hydroxylation is 1. The smallest absolute Gasteiger partial charge is 0.124 e. The summed E-state index contributed by atoms with van der Waals surface area (Å²) in [7, 11) is 0. The van der Waals surface area contributed by atoms with Crippen molar-refractivity contribution in [2.24, 2.45) is 5.16 Å². The second kappa shape index (κ2) is 5.84. The fourth-order valence-corrected chi connectivity index (χ4v) is 2.67. The fourth-order valence-electron chi connectivity index (χ4n) is 1.66. The maximum Gasteiger partial charge on any atom is 0.124 e. The van der Waals surface area contributed by atoms with Gasteiger partial charge in [-0.25, -0.2) is 4.98 Å². The average Bonchev–Trinajstić information content (AvgIpc) is 2.79. The summed E-state index contributed by atoms with van der Waals surface area (Å²) < 4.78 is 0. The maximum absolute atomic E-state index is 9.30. The summed E-state index contributed by atoms with van der Waals surface area (Å²) in [5.41, 5.74) is 2.76. The number of benzene rings is 1. The zero-order valence-corrected chi connectivity index (χ0v) is 12.0. The molecule has 0 amide bonds. The molecule has 1 aromatic heterocycles. The highest BCUT2D eigenvalue weighted by Gasteiger charge is 2.12.